The predicted molar refractivity (Wildman–Crippen MR) is 58.0 cm³/mol. The number of hydrogen-bond donors (Lipinski definition) is 2. The standard InChI is InChI=1S/C11H18N2O3/c14-10(8-6-12-7-8)13-5-3-1-2-4-9(13)11(15)16/h8-9,12H,1-7H2,(H,15,16). The van der Waals surface area contributed by atoms with E-state index in [0.29, 0.717) is 26.1 Å². The van der Waals surface area contributed by atoms with Gasteiger partial charge in [0.05, 0.1) is 5.92 Å². The van der Waals surface area contributed by atoms with Crippen molar-refractivity contribution in [2.75, 3.05) is 19.6 Å². The van der Waals surface area contributed by atoms with Crippen molar-refractivity contribution in [1.82, 2.24) is 10.2 Å². The van der Waals surface area contributed by atoms with Crippen molar-refractivity contribution < 1.29 is 14.7 Å². The molecule has 2 saturated heterocycles. The highest BCUT2D eigenvalue weighted by atomic mass is 16.4. The van der Waals surface area contributed by atoms with Gasteiger partial charge in [0.15, 0.2) is 0 Å². The van der Waals surface area contributed by atoms with E-state index in [1.807, 2.05) is 0 Å². The lowest BCUT2D eigenvalue weighted by atomic mass is 10.00. The zero-order valence-electron chi connectivity index (χ0n) is 9.32. The molecule has 2 fully saturated rings. The third-order valence-electron chi connectivity index (χ3n) is 3.45. The minimum Gasteiger partial charge on any atom is -0.480 e. The summed E-state index contributed by atoms with van der Waals surface area (Å²) >= 11 is 0. The maximum atomic E-state index is 12.1. The first kappa shape index (κ1) is 11.4. The maximum absolute atomic E-state index is 12.1. The number of hydrogen-bond acceptors (Lipinski definition) is 3. The molecule has 2 aliphatic rings. The molecule has 2 aliphatic heterocycles. The van der Waals surface area contributed by atoms with Gasteiger partial charge in [0.2, 0.25) is 5.91 Å². The normalized spacial score (nSPS) is 27.0. The van der Waals surface area contributed by atoms with Gasteiger partial charge in [-0.05, 0) is 12.8 Å². The second-order valence-corrected chi connectivity index (χ2v) is 4.59. The van der Waals surface area contributed by atoms with Crippen molar-refractivity contribution >= 4 is 11.9 Å². The highest BCUT2D eigenvalue weighted by molar-refractivity contribution is 5.86. The summed E-state index contributed by atoms with van der Waals surface area (Å²) in [6, 6.07) is -0.601. The van der Waals surface area contributed by atoms with Crippen LogP contribution in [0.1, 0.15) is 25.7 Å². The highest BCUT2D eigenvalue weighted by Gasteiger charge is 2.36. The van der Waals surface area contributed by atoms with Gasteiger partial charge in [-0.25, -0.2) is 4.79 Å². The van der Waals surface area contributed by atoms with E-state index >= 15 is 0 Å². The quantitative estimate of drug-likeness (QED) is 0.698. The molecule has 5 nitrogen and oxygen atoms in total. The summed E-state index contributed by atoms with van der Waals surface area (Å²) in [4.78, 5) is 24.8. The van der Waals surface area contributed by atoms with Crippen molar-refractivity contribution in [3.63, 3.8) is 0 Å². The Balaban J connectivity index is 2.06. The van der Waals surface area contributed by atoms with Crippen molar-refractivity contribution in [3.8, 4) is 0 Å². The molecule has 0 bridgehead atoms. The third kappa shape index (κ3) is 2.19. The molecule has 2 N–H and O–H groups in total. The van der Waals surface area contributed by atoms with Crippen molar-refractivity contribution in [1.29, 1.82) is 0 Å². The topological polar surface area (TPSA) is 69.6 Å². The van der Waals surface area contributed by atoms with Gasteiger partial charge in [-0.1, -0.05) is 12.8 Å². The number of carbonyl (C=O) groups is 2. The average molecular weight is 226 g/mol. The molecule has 0 spiro atoms. The number of aliphatic carboxylic acids is 1. The number of nitrogens with one attached hydrogen (secondary N) is 1. The van der Waals surface area contributed by atoms with E-state index in [-0.39, 0.29) is 11.8 Å². The van der Waals surface area contributed by atoms with Crippen molar-refractivity contribution in [3.05, 3.63) is 0 Å². The first-order valence-corrected chi connectivity index (χ1v) is 5.94. The zero-order valence-corrected chi connectivity index (χ0v) is 9.32. The second kappa shape index (κ2) is 4.82. The Labute approximate surface area is 94.8 Å². The Morgan fingerprint density at radius 3 is 2.50 bits per heavy atom. The van der Waals surface area contributed by atoms with Crippen LogP contribution in [0.2, 0.25) is 0 Å². The van der Waals surface area contributed by atoms with Crippen LogP contribution in [0.3, 0.4) is 0 Å². The summed E-state index contributed by atoms with van der Waals surface area (Å²) in [5.41, 5.74) is 0. The van der Waals surface area contributed by atoms with Crippen LogP contribution in [0.5, 0.6) is 0 Å². The van der Waals surface area contributed by atoms with Gasteiger partial charge >= 0.3 is 5.97 Å². The molecule has 0 aromatic rings. The Bertz CT molecular complexity index is 289. The monoisotopic (exact) mass is 226 g/mol. The maximum Gasteiger partial charge on any atom is 0.326 e. The summed E-state index contributed by atoms with van der Waals surface area (Å²) in [6.45, 7) is 2.00. The Kier molecular flexibility index (Phi) is 3.43. The third-order valence-corrected chi connectivity index (χ3v) is 3.45. The number of carboxylic acid groups (broad SMARTS) is 1. The molecule has 0 aliphatic carbocycles. The number of likely N-dealkylation sites (tertiary alicyclic amines) is 1. The van der Waals surface area contributed by atoms with Crippen LogP contribution < -0.4 is 5.32 Å². The molecule has 5 heteroatoms. The number of carboxylic acids is 1. The van der Waals surface area contributed by atoms with Gasteiger partial charge in [-0.2, -0.15) is 0 Å². The van der Waals surface area contributed by atoms with Crippen LogP contribution in [-0.4, -0.2) is 47.6 Å². The minimum absolute atomic E-state index is 0.0000463. The molecular weight excluding hydrogens is 208 g/mol. The lowest BCUT2D eigenvalue weighted by Gasteiger charge is -2.34. The molecule has 0 aromatic carbocycles. The van der Waals surface area contributed by atoms with E-state index in [9.17, 15) is 9.59 Å². The van der Waals surface area contributed by atoms with E-state index in [2.05, 4.69) is 5.32 Å². The van der Waals surface area contributed by atoms with Gasteiger partial charge in [0.25, 0.3) is 0 Å². The van der Waals surface area contributed by atoms with Crippen LogP contribution in [0.25, 0.3) is 0 Å². The van der Waals surface area contributed by atoms with Crippen LogP contribution in [-0.2, 0) is 9.59 Å². The molecule has 16 heavy (non-hydrogen) atoms. The molecule has 0 saturated carbocycles. The van der Waals surface area contributed by atoms with Gasteiger partial charge in [0, 0.05) is 19.6 Å². The molecule has 90 valence electrons. The number of amides is 1. The first-order chi connectivity index (χ1) is 7.70. The number of carbonyl (C=O) groups excluding carboxylic acids is 1. The lowest BCUT2D eigenvalue weighted by molar-refractivity contribution is -0.152. The second-order valence-electron chi connectivity index (χ2n) is 4.59. The van der Waals surface area contributed by atoms with E-state index in [0.717, 1.165) is 19.3 Å². The summed E-state index contributed by atoms with van der Waals surface area (Å²) in [6.07, 6.45) is 3.46. The lowest BCUT2D eigenvalue weighted by Crippen LogP contribution is -2.55. The molecule has 1 amide bonds. The predicted octanol–water partition coefficient (Wildman–Crippen LogP) is 0.0616. The van der Waals surface area contributed by atoms with Crippen LogP contribution >= 0.6 is 0 Å². The molecule has 1 unspecified atom stereocenters. The molecule has 0 radical (unpaired) electrons. The number of rotatable bonds is 2. The Morgan fingerprint density at radius 1 is 1.19 bits per heavy atom. The van der Waals surface area contributed by atoms with Crippen LogP contribution in [0, 0.1) is 5.92 Å². The fraction of sp³-hybridized carbons (Fsp3) is 0.818. The fourth-order valence-corrected chi connectivity index (χ4v) is 2.33. The minimum atomic E-state index is -0.859. The smallest absolute Gasteiger partial charge is 0.326 e. The summed E-state index contributed by atoms with van der Waals surface area (Å²) in [5, 5.41) is 12.2. The molecule has 0 aromatic heterocycles. The van der Waals surface area contributed by atoms with Crippen molar-refractivity contribution in [2.45, 2.75) is 31.7 Å². The number of nitrogens with zero attached hydrogens (tertiary/aromatic N) is 1. The van der Waals surface area contributed by atoms with E-state index < -0.39 is 12.0 Å². The van der Waals surface area contributed by atoms with Crippen LogP contribution in [0.15, 0.2) is 0 Å². The molecule has 2 rings (SSSR count). The van der Waals surface area contributed by atoms with Gasteiger partial charge in [0.1, 0.15) is 6.04 Å². The van der Waals surface area contributed by atoms with Gasteiger partial charge in [-0.3, -0.25) is 4.79 Å². The Hall–Kier alpha value is -1.10. The highest BCUT2D eigenvalue weighted by Crippen LogP contribution is 2.20. The van der Waals surface area contributed by atoms with E-state index in [1.54, 1.807) is 4.90 Å². The average Bonchev–Trinajstić information content (AvgIpc) is 2.39. The Morgan fingerprint density at radius 2 is 1.94 bits per heavy atom. The fourth-order valence-electron chi connectivity index (χ4n) is 2.33. The molecular formula is C11H18N2O3. The van der Waals surface area contributed by atoms with E-state index in [4.69, 9.17) is 5.11 Å². The largest absolute Gasteiger partial charge is 0.480 e. The van der Waals surface area contributed by atoms with Crippen LogP contribution in [0.4, 0.5) is 0 Å². The first-order valence-electron chi connectivity index (χ1n) is 5.94. The van der Waals surface area contributed by atoms with Gasteiger partial charge < -0.3 is 15.3 Å². The summed E-state index contributed by atoms with van der Waals surface area (Å²) < 4.78 is 0. The van der Waals surface area contributed by atoms with Gasteiger partial charge in [-0.15, -0.1) is 0 Å². The SMILES string of the molecule is O=C(O)C1CCCCCN1C(=O)C1CNC1. The summed E-state index contributed by atoms with van der Waals surface area (Å²) in [5.74, 6) is -0.837. The molecule has 1 atom stereocenters. The van der Waals surface area contributed by atoms with E-state index in [1.165, 1.54) is 0 Å². The zero-order chi connectivity index (χ0) is 11.5. The van der Waals surface area contributed by atoms with Crippen molar-refractivity contribution in [2.24, 2.45) is 5.92 Å². The molecule has 2 heterocycles. The summed E-state index contributed by atoms with van der Waals surface area (Å²) in [7, 11) is 0.